The van der Waals surface area contributed by atoms with Crippen LogP contribution in [0.15, 0.2) is 24.3 Å². The monoisotopic (exact) mass is 290 g/mol. The summed E-state index contributed by atoms with van der Waals surface area (Å²) in [6.45, 7) is 3.61. The zero-order valence-corrected chi connectivity index (χ0v) is 12.7. The molecule has 0 aliphatic carbocycles. The molecule has 0 saturated carbocycles. The third-order valence-corrected chi connectivity index (χ3v) is 3.99. The third kappa shape index (κ3) is 3.61. The van der Waals surface area contributed by atoms with E-state index in [1.54, 1.807) is 11.8 Å². The van der Waals surface area contributed by atoms with Crippen molar-refractivity contribution in [3.8, 4) is 0 Å². The number of carboxylic acid groups (broad SMARTS) is 1. The Kier molecular flexibility index (Phi) is 4.63. The fourth-order valence-corrected chi connectivity index (χ4v) is 2.50. The Morgan fingerprint density at radius 3 is 2.33 bits per heavy atom. The highest BCUT2D eigenvalue weighted by molar-refractivity contribution is 5.94. The number of carbonyl (C=O) groups excluding carboxylic acids is 1. The van der Waals surface area contributed by atoms with Gasteiger partial charge in [-0.25, -0.2) is 0 Å². The molecule has 0 radical (unpaired) electrons. The molecule has 5 heteroatoms. The predicted molar refractivity (Wildman–Crippen MR) is 80.0 cm³/mol. The highest BCUT2D eigenvalue weighted by atomic mass is 16.4. The Hall–Kier alpha value is -1.88. The van der Waals surface area contributed by atoms with E-state index in [-0.39, 0.29) is 11.8 Å². The molecule has 1 heterocycles. The number of carboxylic acids is 1. The zero-order chi connectivity index (χ0) is 15.6. The van der Waals surface area contributed by atoms with Crippen molar-refractivity contribution < 1.29 is 14.7 Å². The molecule has 1 fully saturated rings. The van der Waals surface area contributed by atoms with Gasteiger partial charge >= 0.3 is 5.97 Å². The number of carbonyl (C=O) groups is 2. The van der Waals surface area contributed by atoms with Crippen molar-refractivity contribution in [1.29, 1.82) is 0 Å². The van der Waals surface area contributed by atoms with Crippen molar-refractivity contribution in [2.45, 2.75) is 13.5 Å². The number of likely N-dealkylation sites (tertiary alicyclic amines) is 1. The zero-order valence-electron chi connectivity index (χ0n) is 12.7. The number of rotatable bonds is 5. The standard InChI is InChI=1S/C16H22N2O3/c1-11(16(20)21)14-9-18(10-14)15(19)13-6-4-12(5-7-13)8-17(2)3/h4-7,11,14H,8-10H2,1-3H3,(H,20,21). The van der Waals surface area contributed by atoms with E-state index in [1.165, 1.54) is 0 Å². The molecule has 114 valence electrons. The van der Waals surface area contributed by atoms with Gasteiger partial charge in [0.05, 0.1) is 5.92 Å². The summed E-state index contributed by atoms with van der Waals surface area (Å²) in [4.78, 5) is 27.0. The van der Waals surface area contributed by atoms with Gasteiger partial charge in [0, 0.05) is 31.1 Å². The van der Waals surface area contributed by atoms with Crippen LogP contribution in [-0.4, -0.2) is 54.0 Å². The molecule has 1 unspecified atom stereocenters. The highest BCUT2D eigenvalue weighted by Gasteiger charge is 2.37. The molecular weight excluding hydrogens is 268 g/mol. The maximum Gasteiger partial charge on any atom is 0.306 e. The second kappa shape index (κ2) is 6.26. The lowest BCUT2D eigenvalue weighted by Gasteiger charge is -2.41. The number of hydrogen-bond acceptors (Lipinski definition) is 3. The van der Waals surface area contributed by atoms with Gasteiger partial charge in [-0.3, -0.25) is 9.59 Å². The molecule has 1 aromatic rings. The van der Waals surface area contributed by atoms with Crippen LogP contribution in [0.5, 0.6) is 0 Å². The van der Waals surface area contributed by atoms with E-state index in [4.69, 9.17) is 5.11 Å². The first-order valence-electron chi connectivity index (χ1n) is 7.14. The van der Waals surface area contributed by atoms with Gasteiger partial charge in [0.1, 0.15) is 0 Å². The van der Waals surface area contributed by atoms with Crippen LogP contribution in [0, 0.1) is 11.8 Å². The molecule has 0 bridgehead atoms. The molecule has 1 saturated heterocycles. The molecule has 1 atom stereocenters. The number of amides is 1. The lowest BCUT2D eigenvalue weighted by atomic mass is 9.86. The Morgan fingerprint density at radius 1 is 1.29 bits per heavy atom. The van der Waals surface area contributed by atoms with Crippen LogP contribution in [0.1, 0.15) is 22.8 Å². The van der Waals surface area contributed by atoms with E-state index in [0.717, 1.165) is 12.1 Å². The second-order valence-electron chi connectivity index (χ2n) is 6.03. The first-order valence-corrected chi connectivity index (χ1v) is 7.14. The van der Waals surface area contributed by atoms with Crippen molar-refractivity contribution >= 4 is 11.9 Å². The first kappa shape index (κ1) is 15.5. The van der Waals surface area contributed by atoms with Gasteiger partial charge in [-0.1, -0.05) is 19.1 Å². The molecular formula is C16H22N2O3. The van der Waals surface area contributed by atoms with Crippen molar-refractivity contribution in [2.75, 3.05) is 27.2 Å². The van der Waals surface area contributed by atoms with Gasteiger partial charge in [0.2, 0.25) is 0 Å². The van der Waals surface area contributed by atoms with E-state index >= 15 is 0 Å². The summed E-state index contributed by atoms with van der Waals surface area (Å²) in [5, 5.41) is 8.95. The van der Waals surface area contributed by atoms with Crippen LogP contribution in [0.4, 0.5) is 0 Å². The van der Waals surface area contributed by atoms with E-state index in [0.29, 0.717) is 18.7 Å². The lowest BCUT2D eigenvalue weighted by Crippen LogP contribution is -2.53. The van der Waals surface area contributed by atoms with Crippen molar-refractivity contribution in [1.82, 2.24) is 9.80 Å². The summed E-state index contributed by atoms with van der Waals surface area (Å²) in [6.07, 6.45) is 0. The van der Waals surface area contributed by atoms with E-state index in [9.17, 15) is 9.59 Å². The van der Waals surface area contributed by atoms with Gasteiger partial charge in [-0.05, 0) is 31.8 Å². The quantitative estimate of drug-likeness (QED) is 0.893. The number of hydrogen-bond donors (Lipinski definition) is 1. The predicted octanol–water partition coefficient (Wildman–Crippen LogP) is 1.54. The van der Waals surface area contributed by atoms with Crippen molar-refractivity contribution in [3.05, 3.63) is 35.4 Å². The summed E-state index contributed by atoms with van der Waals surface area (Å²) in [5.41, 5.74) is 1.83. The Labute approximate surface area is 125 Å². The minimum absolute atomic E-state index is 0.0137. The Bertz CT molecular complexity index is 519. The van der Waals surface area contributed by atoms with E-state index in [2.05, 4.69) is 4.90 Å². The van der Waals surface area contributed by atoms with Crippen molar-refractivity contribution in [3.63, 3.8) is 0 Å². The molecule has 0 spiro atoms. The van der Waals surface area contributed by atoms with E-state index in [1.807, 2.05) is 38.4 Å². The first-order chi connectivity index (χ1) is 9.88. The average Bonchev–Trinajstić information content (AvgIpc) is 2.36. The minimum Gasteiger partial charge on any atom is -0.481 e. The molecule has 1 aromatic carbocycles. The van der Waals surface area contributed by atoms with Crippen LogP contribution in [0.3, 0.4) is 0 Å². The lowest BCUT2D eigenvalue weighted by molar-refractivity contribution is -0.144. The Morgan fingerprint density at radius 2 is 1.86 bits per heavy atom. The summed E-state index contributed by atoms with van der Waals surface area (Å²) in [6, 6.07) is 7.61. The molecule has 1 N–H and O–H groups in total. The topological polar surface area (TPSA) is 60.9 Å². The van der Waals surface area contributed by atoms with Crippen LogP contribution in [0.25, 0.3) is 0 Å². The second-order valence-corrected chi connectivity index (χ2v) is 6.03. The number of nitrogens with zero attached hydrogens (tertiary/aromatic N) is 2. The normalized spacial score (nSPS) is 16.7. The average molecular weight is 290 g/mol. The smallest absolute Gasteiger partial charge is 0.306 e. The van der Waals surface area contributed by atoms with Gasteiger partial charge in [0.25, 0.3) is 5.91 Å². The summed E-state index contributed by atoms with van der Waals surface area (Å²) in [7, 11) is 4.01. The molecule has 2 rings (SSSR count). The maximum atomic E-state index is 12.3. The largest absolute Gasteiger partial charge is 0.481 e. The van der Waals surface area contributed by atoms with Crippen LogP contribution >= 0.6 is 0 Å². The Balaban J connectivity index is 1.92. The molecule has 1 amide bonds. The van der Waals surface area contributed by atoms with Crippen molar-refractivity contribution in [2.24, 2.45) is 11.8 Å². The van der Waals surface area contributed by atoms with Gasteiger partial charge in [-0.2, -0.15) is 0 Å². The molecule has 5 nitrogen and oxygen atoms in total. The maximum absolute atomic E-state index is 12.3. The molecule has 1 aliphatic rings. The third-order valence-electron chi connectivity index (χ3n) is 3.99. The van der Waals surface area contributed by atoms with Crippen LogP contribution in [0.2, 0.25) is 0 Å². The molecule has 21 heavy (non-hydrogen) atoms. The van der Waals surface area contributed by atoms with Crippen LogP contribution < -0.4 is 0 Å². The highest BCUT2D eigenvalue weighted by Crippen LogP contribution is 2.25. The number of aliphatic carboxylic acids is 1. The fourth-order valence-electron chi connectivity index (χ4n) is 2.50. The van der Waals surface area contributed by atoms with Gasteiger partial charge < -0.3 is 14.9 Å². The van der Waals surface area contributed by atoms with Gasteiger partial charge in [-0.15, -0.1) is 0 Å². The summed E-state index contributed by atoms with van der Waals surface area (Å²) < 4.78 is 0. The van der Waals surface area contributed by atoms with Gasteiger partial charge in [0.15, 0.2) is 0 Å². The molecule has 0 aromatic heterocycles. The molecule has 1 aliphatic heterocycles. The number of benzene rings is 1. The fraction of sp³-hybridized carbons (Fsp3) is 0.500. The van der Waals surface area contributed by atoms with E-state index < -0.39 is 11.9 Å². The summed E-state index contributed by atoms with van der Waals surface area (Å²) >= 11 is 0. The van der Waals surface area contributed by atoms with Crippen LogP contribution in [-0.2, 0) is 11.3 Å². The SMILES string of the molecule is CC(C(=O)O)C1CN(C(=O)c2ccc(CN(C)C)cc2)C1. The summed E-state index contributed by atoms with van der Waals surface area (Å²) in [5.74, 6) is -1.13. The minimum atomic E-state index is -0.792.